The SMILES string of the molecule is CC(=O)C(=O)N(C)CC(C)(C)C. The average molecular weight is 171 g/mol. The third-order valence-corrected chi connectivity index (χ3v) is 1.36. The highest BCUT2D eigenvalue weighted by Gasteiger charge is 2.19. The second-order valence-electron chi connectivity index (χ2n) is 4.28. The van der Waals surface area contributed by atoms with Crippen LogP contribution in [-0.4, -0.2) is 30.2 Å². The van der Waals surface area contributed by atoms with E-state index in [2.05, 4.69) is 0 Å². The fourth-order valence-corrected chi connectivity index (χ4v) is 1.05. The van der Waals surface area contributed by atoms with Crippen molar-refractivity contribution in [3.63, 3.8) is 0 Å². The lowest BCUT2D eigenvalue weighted by Crippen LogP contribution is -2.37. The lowest BCUT2D eigenvalue weighted by molar-refractivity contribution is -0.143. The van der Waals surface area contributed by atoms with E-state index >= 15 is 0 Å². The zero-order valence-corrected chi connectivity index (χ0v) is 8.47. The monoisotopic (exact) mass is 171 g/mol. The minimum Gasteiger partial charge on any atom is -0.339 e. The van der Waals surface area contributed by atoms with Gasteiger partial charge in [-0.25, -0.2) is 0 Å². The topological polar surface area (TPSA) is 37.4 Å². The molecule has 3 heteroatoms. The minimum absolute atomic E-state index is 0.0415. The second kappa shape index (κ2) is 3.70. The molecule has 0 spiro atoms. The summed E-state index contributed by atoms with van der Waals surface area (Å²) in [7, 11) is 1.65. The number of rotatable bonds is 2. The quantitative estimate of drug-likeness (QED) is 0.583. The van der Waals surface area contributed by atoms with E-state index in [0.717, 1.165) is 0 Å². The molecular weight excluding hydrogens is 154 g/mol. The normalized spacial score (nSPS) is 11.1. The molecule has 1 amide bonds. The van der Waals surface area contributed by atoms with E-state index in [1.54, 1.807) is 7.05 Å². The van der Waals surface area contributed by atoms with Crippen LogP contribution in [0.15, 0.2) is 0 Å². The molecule has 0 saturated carbocycles. The van der Waals surface area contributed by atoms with Gasteiger partial charge >= 0.3 is 0 Å². The molecule has 0 unspecified atom stereocenters. The number of ketones is 1. The number of carbonyl (C=O) groups is 2. The van der Waals surface area contributed by atoms with Gasteiger partial charge in [0.05, 0.1) is 0 Å². The van der Waals surface area contributed by atoms with Crippen molar-refractivity contribution in [1.29, 1.82) is 0 Å². The maximum Gasteiger partial charge on any atom is 0.289 e. The Bertz CT molecular complexity index is 191. The lowest BCUT2D eigenvalue weighted by Gasteiger charge is -2.25. The second-order valence-corrected chi connectivity index (χ2v) is 4.28. The van der Waals surface area contributed by atoms with Crippen molar-refractivity contribution in [2.75, 3.05) is 13.6 Å². The zero-order valence-electron chi connectivity index (χ0n) is 8.47. The number of hydrogen-bond donors (Lipinski definition) is 0. The first-order valence-electron chi connectivity index (χ1n) is 4.00. The minimum atomic E-state index is -0.412. The Hall–Kier alpha value is -0.860. The van der Waals surface area contributed by atoms with Gasteiger partial charge in [-0.05, 0) is 5.41 Å². The third kappa shape index (κ3) is 4.11. The van der Waals surface area contributed by atoms with E-state index in [1.807, 2.05) is 20.8 Å². The van der Waals surface area contributed by atoms with E-state index in [-0.39, 0.29) is 5.41 Å². The van der Waals surface area contributed by atoms with Gasteiger partial charge < -0.3 is 4.90 Å². The molecule has 12 heavy (non-hydrogen) atoms. The smallest absolute Gasteiger partial charge is 0.289 e. The highest BCUT2D eigenvalue weighted by molar-refractivity contribution is 6.34. The van der Waals surface area contributed by atoms with E-state index in [4.69, 9.17) is 0 Å². The van der Waals surface area contributed by atoms with Crippen LogP contribution in [0.5, 0.6) is 0 Å². The summed E-state index contributed by atoms with van der Waals surface area (Å²) in [5.41, 5.74) is 0.0415. The molecule has 0 aliphatic rings. The lowest BCUT2D eigenvalue weighted by atomic mass is 9.96. The Morgan fingerprint density at radius 3 is 1.92 bits per heavy atom. The van der Waals surface area contributed by atoms with Crippen LogP contribution >= 0.6 is 0 Å². The maximum absolute atomic E-state index is 11.1. The van der Waals surface area contributed by atoms with Crippen molar-refractivity contribution >= 4 is 11.7 Å². The molecule has 0 rings (SSSR count). The van der Waals surface area contributed by atoms with E-state index < -0.39 is 11.7 Å². The Labute approximate surface area is 73.7 Å². The first kappa shape index (κ1) is 11.1. The standard InChI is InChI=1S/C9H17NO2/c1-7(11)8(12)10(5)6-9(2,3)4/h6H2,1-5H3. The molecule has 0 radical (unpaired) electrons. The van der Waals surface area contributed by atoms with Crippen molar-refractivity contribution < 1.29 is 9.59 Å². The van der Waals surface area contributed by atoms with Gasteiger partial charge in [0.2, 0.25) is 5.78 Å². The van der Waals surface area contributed by atoms with Gasteiger partial charge in [-0.3, -0.25) is 9.59 Å². The van der Waals surface area contributed by atoms with Crippen LogP contribution in [-0.2, 0) is 9.59 Å². The Kier molecular flexibility index (Phi) is 3.43. The fourth-order valence-electron chi connectivity index (χ4n) is 1.05. The Morgan fingerprint density at radius 2 is 1.67 bits per heavy atom. The van der Waals surface area contributed by atoms with Crippen molar-refractivity contribution in [1.82, 2.24) is 4.90 Å². The van der Waals surface area contributed by atoms with Gasteiger partial charge in [-0.2, -0.15) is 0 Å². The molecule has 3 nitrogen and oxygen atoms in total. The van der Waals surface area contributed by atoms with Crippen molar-refractivity contribution in [2.45, 2.75) is 27.7 Å². The van der Waals surface area contributed by atoms with Crippen molar-refractivity contribution in [2.24, 2.45) is 5.41 Å². The number of amides is 1. The van der Waals surface area contributed by atoms with Gasteiger partial charge in [-0.1, -0.05) is 20.8 Å². The van der Waals surface area contributed by atoms with E-state index in [0.29, 0.717) is 6.54 Å². The van der Waals surface area contributed by atoms with E-state index in [1.165, 1.54) is 11.8 Å². The molecule has 0 atom stereocenters. The third-order valence-electron chi connectivity index (χ3n) is 1.36. The van der Waals surface area contributed by atoms with Gasteiger partial charge in [-0.15, -0.1) is 0 Å². The summed E-state index contributed by atoms with van der Waals surface area (Å²) < 4.78 is 0. The highest BCUT2D eigenvalue weighted by Crippen LogP contribution is 2.13. The first-order chi connectivity index (χ1) is 5.24. The molecule has 0 aromatic carbocycles. The van der Waals surface area contributed by atoms with Crippen molar-refractivity contribution in [3.05, 3.63) is 0 Å². The van der Waals surface area contributed by atoms with E-state index in [9.17, 15) is 9.59 Å². The maximum atomic E-state index is 11.1. The summed E-state index contributed by atoms with van der Waals surface area (Å²) in [5.74, 6) is -0.813. The molecule has 0 aromatic heterocycles. The van der Waals surface area contributed by atoms with Crippen LogP contribution in [0.2, 0.25) is 0 Å². The predicted octanol–water partition coefficient (Wildman–Crippen LogP) is 1.08. The van der Waals surface area contributed by atoms with Crippen molar-refractivity contribution in [3.8, 4) is 0 Å². The van der Waals surface area contributed by atoms with Gasteiger partial charge in [0.15, 0.2) is 0 Å². The summed E-state index contributed by atoms with van der Waals surface area (Å²) in [6, 6.07) is 0. The Balaban J connectivity index is 4.14. The molecule has 0 heterocycles. The van der Waals surface area contributed by atoms with Crippen LogP contribution in [0.4, 0.5) is 0 Å². The molecule has 70 valence electrons. The molecule has 0 saturated heterocycles. The largest absolute Gasteiger partial charge is 0.339 e. The Morgan fingerprint density at radius 1 is 1.25 bits per heavy atom. The molecule has 0 bridgehead atoms. The summed E-state index contributed by atoms with van der Waals surface area (Å²) in [5, 5.41) is 0. The summed E-state index contributed by atoms with van der Waals surface area (Å²) in [6.45, 7) is 7.97. The zero-order chi connectivity index (χ0) is 9.94. The van der Waals surface area contributed by atoms with Crippen LogP contribution < -0.4 is 0 Å². The van der Waals surface area contributed by atoms with Crippen LogP contribution in [0.25, 0.3) is 0 Å². The summed E-state index contributed by atoms with van der Waals surface area (Å²) in [4.78, 5) is 23.2. The molecule has 0 aliphatic carbocycles. The molecule has 0 fully saturated rings. The van der Waals surface area contributed by atoms with Gasteiger partial charge in [0.1, 0.15) is 0 Å². The summed E-state index contributed by atoms with van der Waals surface area (Å²) >= 11 is 0. The van der Waals surface area contributed by atoms with Crippen LogP contribution in [0, 0.1) is 5.41 Å². The number of Topliss-reactive ketones (excluding diaryl/α,β-unsaturated/α-hetero) is 1. The molecule has 0 N–H and O–H groups in total. The van der Waals surface area contributed by atoms with Crippen LogP contribution in [0.3, 0.4) is 0 Å². The number of likely N-dealkylation sites (N-methyl/N-ethyl adjacent to an activating group) is 1. The summed E-state index contributed by atoms with van der Waals surface area (Å²) in [6.07, 6.45) is 0. The first-order valence-corrected chi connectivity index (χ1v) is 4.00. The number of nitrogens with zero attached hydrogens (tertiary/aromatic N) is 1. The highest BCUT2D eigenvalue weighted by atomic mass is 16.2. The fraction of sp³-hybridized carbons (Fsp3) is 0.778. The van der Waals surface area contributed by atoms with Crippen LogP contribution in [0.1, 0.15) is 27.7 Å². The molecule has 0 aliphatic heterocycles. The molecular formula is C9H17NO2. The van der Waals surface area contributed by atoms with Gasteiger partial charge in [0, 0.05) is 20.5 Å². The number of hydrogen-bond acceptors (Lipinski definition) is 2. The average Bonchev–Trinajstić information content (AvgIpc) is 1.82. The molecule has 0 aromatic rings. The van der Waals surface area contributed by atoms with Gasteiger partial charge in [0.25, 0.3) is 5.91 Å². The number of carbonyl (C=O) groups excluding carboxylic acids is 2. The predicted molar refractivity (Wildman–Crippen MR) is 47.8 cm³/mol.